The Morgan fingerprint density at radius 2 is 1.86 bits per heavy atom. The molecule has 0 aromatic heterocycles. The van der Waals surface area contributed by atoms with Crippen molar-refractivity contribution in [1.82, 2.24) is 0 Å². The molecule has 0 amide bonds. The SMILES string of the molecule is NCC1(CC(=O)C2CCCC2)CCC1. The van der Waals surface area contributed by atoms with Gasteiger partial charge in [0.15, 0.2) is 0 Å². The average Bonchev–Trinajstić information content (AvgIpc) is 2.63. The quantitative estimate of drug-likeness (QED) is 0.747. The Morgan fingerprint density at radius 3 is 2.29 bits per heavy atom. The Labute approximate surface area is 86.2 Å². The predicted molar refractivity (Wildman–Crippen MR) is 56.9 cm³/mol. The third kappa shape index (κ3) is 1.85. The zero-order chi connectivity index (χ0) is 10.0. The van der Waals surface area contributed by atoms with E-state index >= 15 is 0 Å². The van der Waals surface area contributed by atoms with E-state index in [1.807, 2.05) is 0 Å². The van der Waals surface area contributed by atoms with Crippen LogP contribution in [-0.4, -0.2) is 12.3 Å². The van der Waals surface area contributed by atoms with Gasteiger partial charge in [-0.15, -0.1) is 0 Å². The molecule has 2 N–H and O–H groups in total. The van der Waals surface area contributed by atoms with E-state index in [1.165, 1.54) is 32.1 Å². The summed E-state index contributed by atoms with van der Waals surface area (Å²) in [5.74, 6) is 0.895. The number of carbonyl (C=O) groups excluding carboxylic acids is 1. The molecule has 0 heterocycles. The molecule has 80 valence electrons. The first-order chi connectivity index (χ1) is 6.76. The van der Waals surface area contributed by atoms with E-state index in [1.54, 1.807) is 0 Å². The second-order valence-corrected chi connectivity index (χ2v) is 5.18. The molecule has 0 aromatic carbocycles. The lowest BCUT2D eigenvalue weighted by Crippen LogP contribution is -2.40. The van der Waals surface area contributed by atoms with Crippen LogP contribution in [0.5, 0.6) is 0 Å². The zero-order valence-corrected chi connectivity index (χ0v) is 8.93. The molecule has 0 bridgehead atoms. The second kappa shape index (κ2) is 4.01. The third-order valence-corrected chi connectivity index (χ3v) is 4.21. The van der Waals surface area contributed by atoms with Crippen LogP contribution >= 0.6 is 0 Å². The maximum atomic E-state index is 12.0. The third-order valence-electron chi connectivity index (χ3n) is 4.21. The molecular weight excluding hydrogens is 174 g/mol. The molecule has 2 rings (SSSR count). The lowest BCUT2D eigenvalue weighted by Gasteiger charge is -2.41. The van der Waals surface area contributed by atoms with Gasteiger partial charge >= 0.3 is 0 Å². The molecule has 0 unspecified atom stereocenters. The molecule has 2 aliphatic carbocycles. The highest BCUT2D eigenvalue weighted by Crippen LogP contribution is 2.44. The summed E-state index contributed by atoms with van der Waals surface area (Å²) >= 11 is 0. The first-order valence-electron chi connectivity index (χ1n) is 5.99. The largest absolute Gasteiger partial charge is 0.330 e. The Bertz CT molecular complexity index is 209. The van der Waals surface area contributed by atoms with Gasteiger partial charge in [-0.1, -0.05) is 19.3 Å². The summed E-state index contributed by atoms with van der Waals surface area (Å²) in [6, 6.07) is 0. The van der Waals surface area contributed by atoms with Crippen LogP contribution in [0.3, 0.4) is 0 Å². The van der Waals surface area contributed by atoms with E-state index in [4.69, 9.17) is 5.73 Å². The fourth-order valence-corrected chi connectivity index (χ4v) is 2.89. The lowest BCUT2D eigenvalue weighted by molar-refractivity contribution is -0.126. The smallest absolute Gasteiger partial charge is 0.136 e. The summed E-state index contributed by atoms with van der Waals surface area (Å²) < 4.78 is 0. The second-order valence-electron chi connectivity index (χ2n) is 5.18. The van der Waals surface area contributed by atoms with Gasteiger partial charge in [0.2, 0.25) is 0 Å². The molecule has 2 fully saturated rings. The molecule has 0 radical (unpaired) electrons. The normalized spacial score (nSPS) is 26.1. The number of hydrogen-bond donors (Lipinski definition) is 1. The summed E-state index contributed by atoms with van der Waals surface area (Å²) in [5, 5.41) is 0. The van der Waals surface area contributed by atoms with Crippen molar-refractivity contribution in [1.29, 1.82) is 0 Å². The minimum absolute atomic E-state index is 0.222. The Balaban J connectivity index is 1.86. The summed E-state index contributed by atoms with van der Waals surface area (Å²) in [5.41, 5.74) is 5.99. The van der Waals surface area contributed by atoms with Crippen molar-refractivity contribution in [2.45, 2.75) is 51.4 Å². The Hall–Kier alpha value is -0.370. The standard InChI is InChI=1S/C12H21NO/c13-9-12(6-3-7-12)8-11(14)10-4-1-2-5-10/h10H,1-9,13H2. The van der Waals surface area contributed by atoms with Crippen LogP contribution in [0.25, 0.3) is 0 Å². The first-order valence-corrected chi connectivity index (χ1v) is 5.99. The molecule has 14 heavy (non-hydrogen) atoms. The van der Waals surface area contributed by atoms with Gasteiger partial charge in [-0.25, -0.2) is 0 Å². The van der Waals surface area contributed by atoms with Crippen LogP contribution in [0.4, 0.5) is 0 Å². The van der Waals surface area contributed by atoms with Gasteiger partial charge in [0.1, 0.15) is 5.78 Å². The molecule has 0 atom stereocenters. The van der Waals surface area contributed by atoms with E-state index in [0.29, 0.717) is 18.2 Å². The summed E-state index contributed by atoms with van der Waals surface area (Å²) in [4.78, 5) is 12.0. The van der Waals surface area contributed by atoms with Crippen molar-refractivity contribution in [3.63, 3.8) is 0 Å². The van der Waals surface area contributed by atoms with Gasteiger partial charge in [0.05, 0.1) is 0 Å². The van der Waals surface area contributed by atoms with Gasteiger partial charge in [0.25, 0.3) is 0 Å². The summed E-state index contributed by atoms with van der Waals surface area (Å²) in [6.45, 7) is 0.714. The first kappa shape index (κ1) is 10.2. The van der Waals surface area contributed by atoms with Crippen molar-refractivity contribution < 1.29 is 4.79 Å². The molecule has 0 saturated heterocycles. The number of nitrogens with two attached hydrogens (primary N) is 1. The minimum Gasteiger partial charge on any atom is -0.330 e. The Kier molecular flexibility index (Phi) is 2.91. The number of ketones is 1. The van der Waals surface area contributed by atoms with Gasteiger partial charge in [-0.3, -0.25) is 4.79 Å². The topological polar surface area (TPSA) is 43.1 Å². The summed E-state index contributed by atoms with van der Waals surface area (Å²) in [6.07, 6.45) is 9.20. The maximum absolute atomic E-state index is 12.0. The number of carbonyl (C=O) groups is 1. The predicted octanol–water partition coefficient (Wildman–Crippen LogP) is 2.26. The van der Waals surface area contributed by atoms with Crippen molar-refractivity contribution >= 4 is 5.78 Å². The minimum atomic E-state index is 0.222. The highest BCUT2D eigenvalue weighted by molar-refractivity contribution is 5.82. The molecule has 0 spiro atoms. The van der Waals surface area contributed by atoms with E-state index in [9.17, 15) is 4.79 Å². The van der Waals surface area contributed by atoms with Crippen molar-refractivity contribution in [2.75, 3.05) is 6.54 Å². The zero-order valence-electron chi connectivity index (χ0n) is 8.93. The number of Topliss-reactive ketones (excluding diaryl/α,β-unsaturated/α-hetero) is 1. The molecular formula is C12H21NO. The molecule has 2 aliphatic rings. The highest BCUT2D eigenvalue weighted by Gasteiger charge is 2.39. The number of hydrogen-bond acceptors (Lipinski definition) is 2. The molecule has 2 saturated carbocycles. The van der Waals surface area contributed by atoms with E-state index in [-0.39, 0.29) is 5.41 Å². The number of rotatable bonds is 4. The van der Waals surface area contributed by atoms with Crippen LogP contribution in [0.15, 0.2) is 0 Å². The van der Waals surface area contributed by atoms with Crippen LogP contribution < -0.4 is 5.73 Å². The summed E-state index contributed by atoms with van der Waals surface area (Å²) in [7, 11) is 0. The maximum Gasteiger partial charge on any atom is 0.136 e. The highest BCUT2D eigenvalue weighted by atomic mass is 16.1. The van der Waals surface area contributed by atoms with Crippen molar-refractivity contribution in [2.24, 2.45) is 17.1 Å². The van der Waals surface area contributed by atoms with Gasteiger partial charge < -0.3 is 5.73 Å². The molecule has 0 aromatic rings. The van der Waals surface area contributed by atoms with Crippen molar-refractivity contribution in [3.8, 4) is 0 Å². The monoisotopic (exact) mass is 195 g/mol. The van der Waals surface area contributed by atoms with Gasteiger partial charge in [0, 0.05) is 12.3 Å². The molecule has 2 heteroatoms. The van der Waals surface area contributed by atoms with Crippen LogP contribution in [-0.2, 0) is 4.79 Å². The lowest BCUT2D eigenvalue weighted by atomic mass is 9.65. The fraction of sp³-hybridized carbons (Fsp3) is 0.917. The fourth-order valence-electron chi connectivity index (χ4n) is 2.89. The van der Waals surface area contributed by atoms with Crippen LogP contribution in [0, 0.1) is 11.3 Å². The molecule has 2 nitrogen and oxygen atoms in total. The van der Waals surface area contributed by atoms with E-state index in [0.717, 1.165) is 19.3 Å². The van der Waals surface area contributed by atoms with Gasteiger partial charge in [-0.2, -0.15) is 0 Å². The van der Waals surface area contributed by atoms with Crippen molar-refractivity contribution in [3.05, 3.63) is 0 Å². The van der Waals surface area contributed by atoms with Gasteiger partial charge in [-0.05, 0) is 37.6 Å². The molecule has 0 aliphatic heterocycles. The van der Waals surface area contributed by atoms with E-state index < -0.39 is 0 Å². The van der Waals surface area contributed by atoms with E-state index in [2.05, 4.69) is 0 Å². The van der Waals surface area contributed by atoms with Crippen LogP contribution in [0.1, 0.15) is 51.4 Å². The van der Waals surface area contributed by atoms with Crippen LogP contribution in [0.2, 0.25) is 0 Å². The Morgan fingerprint density at radius 1 is 1.21 bits per heavy atom. The average molecular weight is 195 g/mol.